The monoisotopic (exact) mass is 270 g/mol. The van der Waals surface area contributed by atoms with E-state index in [0.29, 0.717) is 0 Å². The van der Waals surface area contributed by atoms with Crippen LogP contribution in [0.15, 0.2) is 12.5 Å². The number of ether oxygens (including phenoxy) is 2. The first-order valence-electron chi connectivity index (χ1n) is 8.30. The number of hydrogen-bond acceptors (Lipinski definition) is 2. The van der Waals surface area contributed by atoms with Crippen LogP contribution in [0.5, 0.6) is 0 Å². The first-order valence-corrected chi connectivity index (χ1v) is 8.30. The standard InChI is InChI=1S/C17H34O2/c1-3-5-7-8-9-10-11-13-15-19-17-16-18-14-12-6-4-2/h16-17H,3-15H2,1-2H3/b17-16+. The smallest absolute Gasteiger partial charge is 0.117 e. The highest BCUT2D eigenvalue weighted by Crippen LogP contribution is 2.08. The van der Waals surface area contributed by atoms with E-state index in [-0.39, 0.29) is 0 Å². The van der Waals surface area contributed by atoms with Crippen LogP contribution in [0.1, 0.15) is 84.5 Å². The molecule has 0 aliphatic rings. The second-order valence-electron chi connectivity index (χ2n) is 5.20. The van der Waals surface area contributed by atoms with Crippen LogP contribution >= 0.6 is 0 Å². The molecule has 0 atom stereocenters. The normalized spacial score (nSPS) is 11.1. The molecule has 0 amide bonds. The van der Waals surface area contributed by atoms with E-state index in [2.05, 4.69) is 13.8 Å². The van der Waals surface area contributed by atoms with Crippen molar-refractivity contribution < 1.29 is 9.47 Å². The Bertz CT molecular complexity index is 178. The quantitative estimate of drug-likeness (QED) is 0.276. The minimum atomic E-state index is 0.811. The highest BCUT2D eigenvalue weighted by molar-refractivity contribution is 4.61. The second kappa shape index (κ2) is 17.3. The molecule has 0 aliphatic heterocycles. The van der Waals surface area contributed by atoms with E-state index in [1.54, 1.807) is 12.5 Å². The first kappa shape index (κ1) is 18.3. The number of rotatable bonds is 15. The van der Waals surface area contributed by atoms with Gasteiger partial charge in [-0.15, -0.1) is 0 Å². The molecule has 114 valence electrons. The maximum Gasteiger partial charge on any atom is 0.117 e. The summed E-state index contributed by atoms with van der Waals surface area (Å²) in [7, 11) is 0. The van der Waals surface area contributed by atoms with Crippen LogP contribution in [-0.2, 0) is 9.47 Å². The molecule has 0 aromatic carbocycles. The highest BCUT2D eigenvalue weighted by atomic mass is 16.5. The SMILES string of the molecule is CCCCCCCCCCO/C=C/OCCCCC. The second-order valence-corrected chi connectivity index (χ2v) is 5.20. The molecule has 2 heteroatoms. The molecule has 0 aromatic heterocycles. The molecule has 0 spiro atoms. The Hall–Kier alpha value is -0.660. The zero-order valence-electron chi connectivity index (χ0n) is 13.2. The minimum Gasteiger partial charge on any atom is -0.498 e. The van der Waals surface area contributed by atoms with Gasteiger partial charge in [-0.25, -0.2) is 0 Å². The molecule has 0 unspecified atom stereocenters. The predicted molar refractivity (Wildman–Crippen MR) is 83.2 cm³/mol. The van der Waals surface area contributed by atoms with Gasteiger partial charge in [-0.1, -0.05) is 71.6 Å². The van der Waals surface area contributed by atoms with E-state index in [9.17, 15) is 0 Å². The van der Waals surface area contributed by atoms with E-state index >= 15 is 0 Å². The molecule has 0 heterocycles. The van der Waals surface area contributed by atoms with Gasteiger partial charge >= 0.3 is 0 Å². The van der Waals surface area contributed by atoms with Crippen molar-refractivity contribution in [2.75, 3.05) is 13.2 Å². The Labute approximate surface area is 120 Å². The first-order chi connectivity index (χ1) is 9.41. The third kappa shape index (κ3) is 17.3. The molecule has 0 rings (SSSR count). The average Bonchev–Trinajstić information content (AvgIpc) is 2.43. The molecule has 0 bridgehead atoms. The van der Waals surface area contributed by atoms with Crippen molar-refractivity contribution >= 4 is 0 Å². The number of hydrogen-bond donors (Lipinski definition) is 0. The van der Waals surface area contributed by atoms with Gasteiger partial charge in [-0.05, 0) is 12.8 Å². The van der Waals surface area contributed by atoms with Crippen LogP contribution in [0.2, 0.25) is 0 Å². The highest BCUT2D eigenvalue weighted by Gasteiger charge is 1.91. The van der Waals surface area contributed by atoms with Crippen LogP contribution in [-0.4, -0.2) is 13.2 Å². The molecule has 0 saturated carbocycles. The summed E-state index contributed by atoms with van der Waals surface area (Å²) in [5.41, 5.74) is 0. The van der Waals surface area contributed by atoms with Gasteiger partial charge in [0.05, 0.1) is 13.2 Å². The van der Waals surface area contributed by atoms with Crippen molar-refractivity contribution in [1.82, 2.24) is 0 Å². The molecule has 0 aliphatic carbocycles. The molecular weight excluding hydrogens is 236 g/mol. The van der Waals surface area contributed by atoms with E-state index < -0.39 is 0 Å². The maximum atomic E-state index is 5.38. The fourth-order valence-corrected chi connectivity index (χ4v) is 1.97. The summed E-state index contributed by atoms with van der Waals surface area (Å²) in [6.45, 7) is 6.09. The summed E-state index contributed by atoms with van der Waals surface area (Å²) in [5.74, 6) is 0. The van der Waals surface area contributed by atoms with Gasteiger partial charge in [-0.3, -0.25) is 0 Å². The molecule has 0 aromatic rings. The Balaban J connectivity index is 2.99. The van der Waals surface area contributed by atoms with Crippen molar-refractivity contribution in [3.05, 3.63) is 12.5 Å². The van der Waals surface area contributed by atoms with Gasteiger partial charge < -0.3 is 9.47 Å². The van der Waals surface area contributed by atoms with Gasteiger partial charge in [0.2, 0.25) is 0 Å². The summed E-state index contributed by atoms with van der Waals surface area (Å²) < 4.78 is 10.7. The Morgan fingerprint density at radius 2 is 0.895 bits per heavy atom. The predicted octanol–water partition coefficient (Wildman–Crippen LogP) is 5.82. The third-order valence-electron chi connectivity index (χ3n) is 3.23. The maximum absolute atomic E-state index is 5.38. The van der Waals surface area contributed by atoms with E-state index in [0.717, 1.165) is 26.1 Å². The summed E-state index contributed by atoms with van der Waals surface area (Å²) >= 11 is 0. The summed E-state index contributed by atoms with van der Waals surface area (Å²) in [6.07, 6.45) is 17.7. The van der Waals surface area contributed by atoms with Crippen molar-refractivity contribution in [1.29, 1.82) is 0 Å². The van der Waals surface area contributed by atoms with Gasteiger partial charge in [0.25, 0.3) is 0 Å². The Kier molecular flexibility index (Phi) is 16.7. The summed E-state index contributed by atoms with van der Waals surface area (Å²) in [6, 6.07) is 0. The largest absolute Gasteiger partial charge is 0.498 e. The lowest BCUT2D eigenvalue weighted by Crippen LogP contribution is -1.90. The van der Waals surface area contributed by atoms with E-state index in [1.165, 1.54) is 57.8 Å². The molecule has 2 nitrogen and oxygen atoms in total. The fourth-order valence-electron chi connectivity index (χ4n) is 1.97. The van der Waals surface area contributed by atoms with Gasteiger partial charge in [0.1, 0.15) is 12.5 Å². The summed E-state index contributed by atoms with van der Waals surface area (Å²) in [4.78, 5) is 0. The third-order valence-corrected chi connectivity index (χ3v) is 3.23. The minimum absolute atomic E-state index is 0.811. The molecule has 0 N–H and O–H groups in total. The van der Waals surface area contributed by atoms with E-state index in [4.69, 9.17) is 9.47 Å². The van der Waals surface area contributed by atoms with Crippen molar-refractivity contribution in [2.24, 2.45) is 0 Å². The lowest BCUT2D eigenvalue weighted by molar-refractivity contribution is 0.197. The van der Waals surface area contributed by atoms with Crippen LogP contribution in [0.3, 0.4) is 0 Å². The van der Waals surface area contributed by atoms with Crippen LogP contribution in [0.4, 0.5) is 0 Å². The van der Waals surface area contributed by atoms with Crippen LogP contribution < -0.4 is 0 Å². The van der Waals surface area contributed by atoms with Gasteiger partial charge in [-0.2, -0.15) is 0 Å². The van der Waals surface area contributed by atoms with Crippen molar-refractivity contribution in [2.45, 2.75) is 84.5 Å². The van der Waals surface area contributed by atoms with Crippen molar-refractivity contribution in [3.8, 4) is 0 Å². The van der Waals surface area contributed by atoms with Gasteiger partial charge in [0, 0.05) is 0 Å². The van der Waals surface area contributed by atoms with Crippen molar-refractivity contribution in [3.63, 3.8) is 0 Å². The lowest BCUT2D eigenvalue weighted by Gasteiger charge is -2.02. The average molecular weight is 270 g/mol. The molecular formula is C17H34O2. The Morgan fingerprint density at radius 3 is 1.42 bits per heavy atom. The zero-order valence-corrected chi connectivity index (χ0v) is 13.2. The molecule has 0 radical (unpaired) electrons. The van der Waals surface area contributed by atoms with Crippen LogP contribution in [0, 0.1) is 0 Å². The fraction of sp³-hybridized carbons (Fsp3) is 0.882. The van der Waals surface area contributed by atoms with Gasteiger partial charge in [0.15, 0.2) is 0 Å². The number of unbranched alkanes of at least 4 members (excludes halogenated alkanes) is 9. The summed E-state index contributed by atoms with van der Waals surface area (Å²) in [5, 5.41) is 0. The molecule has 0 fully saturated rings. The van der Waals surface area contributed by atoms with Crippen LogP contribution in [0.25, 0.3) is 0 Å². The topological polar surface area (TPSA) is 18.5 Å². The molecule has 0 saturated heterocycles. The zero-order chi connectivity index (χ0) is 14.0. The Morgan fingerprint density at radius 1 is 0.526 bits per heavy atom. The van der Waals surface area contributed by atoms with E-state index in [1.807, 2.05) is 0 Å². The lowest BCUT2D eigenvalue weighted by atomic mass is 10.1. The molecule has 19 heavy (non-hydrogen) atoms.